The Morgan fingerprint density at radius 3 is 3.00 bits per heavy atom. The number of fused-ring (bicyclic) bond motifs is 5. The fourth-order valence-corrected chi connectivity index (χ4v) is 5.95. The third kappa shape index (κ3) is 3.05. The van der Waals surface area contributed by atoms with Crippen molar-refractivity contribution in [2.24, 2.45) is 5.41 Å². The summed E-state index contributed by atoms with van der Waals surface area (Å²) in [5.74, 6) is -0.0383. The van der Waals surface area contributed by atoms with Crippen molar-refractivity contribution in [2.75, 3.05) is 25.0 Å². The topological polar surface area (TPSA) is 95.4 Å². The molecule has 4 aromatic heterocycles. The van der Waals surface area contributed by atoms with Crippen molar-refractivity contribution in [1.82, 2.24) is 24.5 Å². The van der Waals surface area contributed by atoms with Crippen molar-refractivity contribution in [3.63, 3.8) is 0 Å². The number of likely N-dealkylation sites (tertiary alicyclic amines) is 1. The largest absolute Gasteiger partial charge is 0.325 e. The van der Waals surface area contributed by atoms with E-state index in [0.29, 0.717) is 39.5 Å². The van der Waals surface area contributed by atoms with Gasteiger partial charge in [-0.05, 0) is 53.2 Å². The Kier molecular flexibility index (Phi) is 4.06. The zero-order chi connectivity index (χ0) is 20.5. The van der Waals surface area contributed by atoms with Crippen molar-refractivity contribution >= 4 is 65.6 Å². The molecule has 30 heavy (non-hydrogen) atoms. The van der Waals surface area contributed by atoms with Crippen LogP contribution in [0.3, 0.4) is 0 Å². The summed E-state index contributed by atoms with van der Waals surface area (Å²) in [6, 6.07) is 1.75. The first kappa shape index (κ1) is 18.5. The van der Waals surface area contributed by atoms with E-state index in [0.717, 1.165) is 28.3 Å². The van der Waals surface area contributed by atoms with Crippen LogP contribution in [0, 0.1) is 5.41 Å². The van der Waals surface area contributed by atoms with Crippen LogP contribution in [-0.4, -0.2) is 50.0 Å². The number of amides is 1. The van der Waals surface area contributed by atoms with Crippen LogP contribution in [0.1, 0.15) is 25.7 Å². The van der Waals surface area contributed by atoms with Gasteiger partial charge in [0, 0.05) is 19.5 Å². The molecule has 1 saturated heterocycles. The summed E-state index contributed by atoms with van der Waals surface area (Å²) in [5, 5.41) is 7.97. The molecule has 1 aliphatic carbocycles. The lowest BCUT2D eigenvalue weighted by molar-refractivity contribution is -0.116. The second-order valence-electron chi connectivity index (χ2n) is 8.41. The average molecular weight is 487 g/mol. The van der Waals surface area contributed by atoms with Gasteiger partial charge in [-0.3, -0.25) is 14.6 Å². The first-order valence-electron chi connectivity index (χ1n) is 10.0. The van der Waals surface area contributed by atoms with E-state index in [-0.39, 0.29) is 11.5 Å². The Balaban J connectivity index is 1.23. The summed E-state index contributed by atoms with van der Waals surface area (Å²) in [7, 11) is 0. The number of hydrogen-bond acceptors (Lipinski definition) is 6. The SMILES string of the molecule is O=C(CCN1CCC2(CC2)C1)Nc1cnc2c(c1)[nH]c(=O)c1c2nn2cc(Br)sc12. The summed E-state index contributed by atoms with van der Waals surface area (Å²) in [5.41, 5.74) is 2.68. The van der Waals surface area contributed by atoms with E-state index < -0.39 is 0 Å². The molecular weight excluding hydrogens is 468 g/mol. The number of carbonyl (C=O) groups excluding carboxylic acids is 1. The highest BCUT2D eigenvalue weighted by molar-refractivity contribution is 9.11. The molecule has 0 unspecified atom stereocenters. The summed E-state index contributed by atoms with van der Waals surface area (Å²) < 4.78 is 2.59. The van der Waals surface area contributed by atoms with E-state index in [2.05, 4.69) is 41.2 Å². The molecule has 5 heterocycles. The number of anilines is 1. The van der Waals surface area contributed by atoms with Crippen LogP contribution < -0.4 is 10.9 Å². The Bertz CT molecular complexity index is 1380. The molecule has 8 nitrogen and oxygen atoms in total. The van der Waals surface area contributed by atoms with E-state index in [1.165, 1.54) is 30.6 Å². The summed E-state index contributed by atoms with van der Waals surface area (Å²) >= 11 is 4.88. The highest BCUT2D eigenvalue weighted by Gasteiger charge is 2.47. The monoisotopic (exact) mass is 486 g/mol. The molecule has 1 amide bonds. The molecule has 0 bridgehead atoms. The quantitative estimate of drug-likeness (QED) is 0.461. The summed E-state index contributed by atoms with van der Waals surface area (Å²) in [6.07, 6.45) is 7.86. The minimum Gasteiger partial charge on any atom is -0.325 e. The molecule has 154 valence electrons. The Labute approximate surface area is 183 Å². The van der Waals surface area contributed by atoms with E-state index in [1.54, 1.807) is 16.8 Å². The minimum absolute atomic E-state index is 0.0383. The number of rotatable bonds is 4. The third-order valence-corrected chi connectivity index (χ3v) is 7.86. The van der Waals surface area contributed by atoms with Gasteiger partial charge in [-0.25, -0.2) is 4.52 Å². The van der Waals surface area contributed by atoms with Gasteiger partial charge < -0.3 is 15.2 Å². The minimum atomic E-state index is -0.213. The molecule has 1 spiro atoms. The third-order valence-electron chi connectivity index (χ3n) is 6.29. The standard InChI is InChI=1S/C20H19BrN6O2S/c21-13-9-27-19(30-13)15-17(25-27)16-12(24-18(15)29)7-11(8-22-16)23-14(28)1-5-26-6-4-20(10-26)2-3-20/h7-9H,1-6,10H2,(H,23,28)(H,24,29). The fourth-order valence-electron chi connectivity index (χ4n) is 4.48. The molecule has 0 radical (unpaired) electrons. The number of nitrogens with one attached hydrogen (secondary N) is 2. The second-order valence-corrected chi connectivity index (χ2v) is 10.8. The predicted molar refractivity (Wildman–Crippen MR) is 120 cm³/mol. The number of nitrogens with zero attached hydrogens (tertiary/aromatic N) is 4. The first-order valence-corrected chi connectivity index (χ1v) is 11.6. The van der Waals surface area contributed by atoms with Gasteiger partial charge in [-0.1, -0.05) is 0 Å². The fraction of sp³-hybridized carbons (Fsp3) is 0.400. The van der Waals surface area contributed by atoms with Gasteiger partial charge in [-0.15, -0.1) is 11.3 Å². The van der Waals surface area contributed by atoms with Crippen LogP contribution in [0.5, 0.6) is 0 Å². The molecule has 10 heteroatoms. The number of aromatic nitrogens is 4. The van der Waals surface area contributed by atoms with Crippen molar-refractivity contribution in [2.45, 2.75) is 25.7 Å². The van der Waals surface area contributed by atoms with Crippen LogP contribution in [0.25, 0.3) is 26.8 Å². The molecule has 2 fully saturated rings. The van der Waals surface area contributed by atoms with Crippen molar-refractivity contribution < 1.29 is 4.79 Å². The maximum Gasteiger partial charge on any atom is 0.261 e. The molecule has 6 rings (SSSR count). The Morgan fingerprint density at radius 1 is 1.33 bits per heavy atom. The Hall–Kier alpha value is -2.30. The van der Waals surface area contributed by atoms with Crippen LogP contribution >= 0.6 is 27.3 Å². The number of thiazole rings is 1. The lowest BCUT2D eigenvalue weighted by atomic mass is 10.1. The van der Waals surface area contributed by atoms with Crippen LogP contribution in [0.2, 0.25) is 0 Å². The number of H-pyrrole nitrogens is 1. The molecule has 2 N–H and O–H groups in total. The molecule has 1 saturated carbocycles. The number of aromatic amines is 1. The first-order chi connectivity index (χ1) is 14.5. The van der Waals surface area contributed by atoms with Gasteiger partial charge in [0.15, 0.2) is 0 Å². The summed E-state index contributed by atoms with van der Waals surface area (Å²) in [4.78, 5) is 35.6. The van der Waals surface area contributed by atoms with Crippen LogP contribution in [-0.2, 0) is 4.79 Å². The molecule has 2 aliphatic rings. The van der Waals surface area contributed by atoms with E-state index in [1.807, 2.05) is 6.20 Å². The maximum atomic E-state index is 12.7. The zero-order valence-electron chi connectivity index (χ0n) is 16.1. The number of pyridine rings is 2. The van der Waals surface area contributed by atoms with E-state index in [4.69, 9.17) is 0 Å². The highest BCUT2D eigenvalue weighted by Crippen LogP contribution is 2.52. The second kappa shape index (κ2) is 6.60. The normalized spacial score (nSPS) is 18.2. The van der Waals surface area contributed by atoms with Gasteiger partial charge >= 0.3 is 0 Å². The average Bonchev–Trinajstić information content (AvgIpc) is 3.00. The molecule has 4 aromatic rings. The number of hydrogen-bond donors (Lipinski definition) is 2. The van der Waals surface area contributed by atoms with Gasteiger partial charge in [0.2, 0.25) is 5.91 Å². The molecule has 1 aliphatic heterocycles. The zero-order valence-corrected chi connectivity index (χ0v) is 18.5. The van der Waals surface area contributed by atoms with Gasteiger partial charge in [0.1, 0.15) is 21.3 Å². The highest BCUT2D eigenvalue weighted by atomic mass is 79.9. The van der Waals surface area contributed by atoms with Crippen molar-refractivity contribution in [1.29, 1.82) is 0 Å². The maximum absolute atomic E-state index is 12.7. The van der Waals surface area contributed by atoms with Crippen molar-refractivity contribution in [3.05, 3.63) is 32.6 Å². The summed E-state index contributed by atoms with van der Waals surface area (Å²) in [6.45, 7) is 3.02. The Morgan fingerprint density at radius 2 is 2.20 bits per heavy atom. The van der Waals surface area contributed by atoms with Crippen LogP contribution in [0.4, 0.5) is 5.69 Å². The van der Waals surface area contributed by atoms with E-state index >= 15 is 0 Å². The molecule has 0 aromatic carbocycles. The van der Waals surface area contributed by atoms with Gasteiger partial charge in [0.25, 0.3) is 5.56 Å². The molecular formula is C20H19BrN6O2S. The van der Waals surface area contributed by atoms with Crippen molar-refractivity contribution in [3.8, 4) is 0 Å². The lowest BCUT2D eigenvalue weighted by Gasteiger charge is -2.15. The van der Waals surface area contributed by atoms with Crippen LogP contribution in [0.15, 0.2) is 27.0 Å². The van der Waals surface area contributed by atoms with Gasteiger partial charge in [-0.2, -0.15) is 5.10 Å². The molecule has 0 atom stereocenters. The number of carbonyl (C=O) groups is 1. The number of halogens is 1. The predicted octanol–water partition coefficient (Wildman–Crippen LogP) is 3.36. The van der Waals surface area contributed by atoms with Gasteiger partial charge in [0.05, 0.1) is 27.4 Å². The smallest absolute Gasteiger partial charge is 0.261 e. The lowest BCUT2D eigenvalue weighted by Crippen LogP contribution is -2.26. The van der Waals surface area contributed by atoms with E-state index in [9.17, 15) is 9.59 Å².